The smallest absolute Gasteiger partial charge is 0.411 e. The number of nitrogens with zero attached hydrogens (tertiary/aromatic N) is 2. The number of benzene rings is 1. The predicted octanol–water partition coefficient (Wildman–Crippen LogP) is 6.88. The topological polar surface area (TPSA) is 133 Å². The van der Waals surface area contributed by atoms with Gasteiger partial charge in [0, 0.05) is 32.4 Å². The molecular formula is C28H42BrN5O6Si. The van der Waals surface area contributed by atoms with Crippen molar-refractivity contribution in [3.05, 3.63) is 28.6 Å². The van der Waals surface area contributed by atoms with E-state index in [9.17, 15) is 14.4 Å². The summed E-state index contributed by atoms with van der Waals surface area (Å²) in [5.74, 6) is 0.449. The molecule has 41 heavy (non-hydrogen) atoms. The van der Waals surface area contributed by atoms with E-state index in [0.717, 1.165) is 6.04 Å². The molecule has 11 nitrogen and oxygen atoms in total. The summed E-state index contributed by atoms with van der Waals surface area (Å²) in [5, 5.41) is 8.61. The third kappa shape index (κ3) is 9.85. The highest BCUT2D eigenvalue weighted by Gasteiger charge is 2.29. The molecule has 3 amide bonds. The SMILES string of the molecule is COC(=O)Nc1ccc2c(c1)NC(=O)CCCC[C@H](NC(=O)OC(C)(C)C)c1nc-2c(Br)n1COCC[Si](C)(C)C. The van der Waals surface area contributed by atoms with Gasteiger partial charge in [-0.25, -0.2) is 14.6 Å². The molecule has 0 aliphatic carbocycles. The number of rotatable bonds is 7. The summed E-state index contributed by atoms with van der Waals surface area (Å²) < 4.78 is 18.9. The first-order chi connectivity index (χ1) is 19.2. The van der Waals surface area contributed by atoms with E-state index in [-0.39, 0.29) is 12.6 Å². The van der Waals surface area contributed by atoms with Crippen LogP contribution in [0.5, 0.6) is 0 Å². The number of hydrogen-bond acceptors (Lipinski definition) is 7. The molecule has 3 rings (SSSR count). The van der Waals surface area contributed by atoms with Crippen LogP contribution in [-0.4, -0.2) is 55.0 Å². The third-order valence-corrected chi connectivity index (χ3v) is 8.79. The quantitative estimate of drug-likeness (QED) is 0.219. The van der Waals surface area contributed by atoms with Crippen LogP contribution in [0.3, 0.4) is 0 Å². The van der Waals surface area contributed by atoms with Crippen LogP contribution in [0.1, 0.15) is 58.3 Å². The number of amides is 3. The third-order valence-electron chi connectivity index (χ3n) is 6.28. The van der Waals surface area contributed by atoms with Crippen molar-refractivity contribution in [3.63, 3.8) is 0 Å². The van der Waals surface area contributed by atoms with E-state index >= 15 is 0 Å². The maximum absolute atomic E-state index is 12.9. The lowest BCUT2D eigenvalue weighted by Crippen LogP contribution is -2.36. The van der Waals surface area contributed by atoms with Gasteiger partial charge < -0.3 is 24.8 Å². The van der Waals surface area contributed by atoms with Gasteiger partial charge in [0.1, 0.15) is 28.5 Å². The van der Waals surface area contributed by atoms with Crippen LogP contribution in [0, 0.1) is 0 Å². The minimum Gasteiger partial charge on any atom is -0.453 e. The summed E-state index contributed by atoms with van der Waals surface area (Å²) in [5.41, 5.74) is 1.48. The van der Waals surface area contributed by atoms with Crippen LogP contribution in [0.15, 0.2) is 22.8 Å². The number of carbonyl (C=O) groups excluding carboxylic acids is 3. The highest BCUT2D eigenvalue weighted by Crippen LogP contribution is 2.38. The zero-order valence-electron chi connectivity index (χ0n) is 25.0. The molecule has 1 atom stereocenters. The first-order valence-corrected chi connectivity index (χ1v) is 18.3. The second-order valence-electron chi connectivity index (χ2n) is 12.3. The van der Waals surface area contributed by atoms with Crippen molar-refractivity contribution < 1.29 is 28.6 Å². The normalized spacial score (nSPS) is 16.0. The number of nitrogens with one attached hydrogen (secondary N) is 3. The lowest BCUT2D eigenvalue weighted by Gasteiger charge is -2.24. The molecule has 1 aromatic heterocycles. The van der Waals surface area contributed by atoms with Crippen molar-refractivity contribution in [1.82, 2.24) is 14.9 Å². The standard InChI is InChI=1S/C28H42BrN5O6Si/c1-28(2,3)40-27(37)32-20-10-8-9-11-22(35)31-21-16-18(30-26(36)38-4)12-13-19(21)23-24(29)34(25(20)33-23)17-39-14-15-41(5,6)7/h12-13,16,20H,8-11,14-15,17H2,1-7H3,(H,30,36)(H,31,35)(H,32,37)/t20-/m0/s1. The summed E-state index contributed by atoms with van der Waals surface area (Å²) >= 11 is 3.73. The van der Waals surface area contributed by atoms with E-state index in [4.69, 9.17) is 19.2 Å². The second-order valence-corrected chi connectivity index (χ2v) is 18.6. The average Bonchev–Trinajstić information content (AvgIpc) is 3.17. The van der Waals surface area contributed by atoms with E-state index in [0.29, 0.717) is 65.3 Å². The number of fused-ring (bicyclic) bond motifs is 4. The molecule has 13 heteroatoms. The minimum atomic E-state index is -1.30. The highest BCUT2D eigenvalue weighted by molar-refractivity contribution is 9.10. The van der Waals surface area contributed by atoms with Crippen LogP contribution >= 0.6 is 15.9 Å². The Kier molecular flexibility index (Phi) is 11.0. The van der Waals surface area contributed by atoms with Crippen molar-refractivity contribution >= 4 is 53.5 Å². The molecule has 0 saturated heterocycles. The number of methoxy groups -OCH3 is 1. The molecule has 2 heterocycles. The number of ether oxygens (including phenoxy) is 3. The van der Waals surface area contributed by atoms with Gasteiger partial charge in [0.25, 0.3) is 0 Å². The van der Waals surface area contributed by atoms with Gasteiger partial charge in [-0.15, -0.1) is 0 Å². The Labute approximate surface area is 251 Å². The largest absolute Gasteiger partial charge is 0.453 e. The average molecular weight is 653 g/mol. The summed E-state index contributed by atoms with van der Waals surface area (Å²) in [6.07, 6.45) is 0.959. The van der Waals surface area contributed by atoms with E-state index in [1.54, 1.807) is 18.2 Å². The Morgan fingerprint density at radius 3 is 2.59 bits per heavy atom. The highest BCUT2D eigenvalue weighted by atomic mass is 79.9. The molecule has 1 aliphatic rings. The fourth-order valence-electron chi connectivity index (χ4n) is 4.21. The van der Waals surface area contributed by atoms with Gasteiger partial charge in [-0.05, 0) is 73.8 Å². The van der Waals surface area contributed by atoms with Gasteiger partial charge in [-0.1, -0.05) is 26.1 Å². The Morgan fingerprint density at radius 1 is 1.20 bits per heavy atom. The molecule has 2 aromatic rings. The zero-order valence-corrected chi connectivity index (χ0v) is 27.6. The van der Waals surface area contributed by atoms with Gasteiger partial charge in [0.2, 0.25) is 5.91 Å². The molecule has 1 aliphatic heterocycles. The van der Waals surface area contributed by atoms with Crippen molar-refractivity contribution in [2.45, 2.75) is 90.5 Å². The van der Waals surface area contributed by atoms with Gasteiger partial charge in [0.05, 0.1) is 18.8 Å². The van der Waals surface area contributed by atoms with E-state index in [2.05, 4.69) is 51.5 Å². The molecule has 0 fully saturated rings. The van der Waals surface area contributed by atoms with Gasteiger partial charge in [-0.3, -0.25) is 14.7 Å². The number of aromatic nitrogens is 2. The Hall–Kier alpha value is -2.90. The molecule has 0 unspecified atom stereocenters. The van der Waals surface area contributed by atoms with E-state index in [1.165, 1.54) is 7.11 Å². The molecule has 1 aromatic carbocycles. The van der Waals surface area contributed by atoms with Crippen molar-refractivity contribution in [2.75, 3.05) is 24.4 Å². The molecular weight excluding hydrogens is 610 g/mol. The van der Waals surface area contributed by atoms with Gasteiger partial charge in [0.15, 0.2) is 0 Å². The first-order valence-electron chi connectivity index (χ1n) is 13.8. The fourth-order valence-corrected chi connectivity index (χ4v) is 5.55. The Bertz CT molecular complexity index is 1250. The van der Waals surface area contributed by atoms with Crippen LogP contribution in [0.4, 0.5) is 21.0 Å². The molecule has 0 saturated carbocycles. The number of carbonyl (C=O) groups is 3. The first kappa shape index (κ1) is 32.6. The van der Waals surface area contributed by atoms with Crippen molar-refractivity contribution in [3.8, 4) is 11.3 Å². The van der Waals surface area contributed by atoms with Gasteiger partial charge in [-0.2, -0.15) is 0 Å². The fraction of sp³-hybridized carbons (Fsp3) is 0.571. The van der Waals surface area contributed by atoms with Crippen LogP contribution < -0.4 is 16.0 Å². The summed E-state index contributed by atoms with van der Waals surface area (Å²) in [6, 6.07) is 5.67. The molecule has 0 radical (unpaired) electrons. The Morgan fingerprint density at radius 2 is 1.93 bits per heavy atom. The molecule has 0 spiro atoms. The molecule has 2 bridgehead atoms. The lowest BCUT2D eigenvalue weighted by atomic mass is 10.1. The minimum absolute atomic E-state index is 0.163. The molecule has 3 N–H and O–H groups in total. The number of anilines is 2. The van der Waals surface area contributed by atoms with E-state index < -0.39 is 31.9 Å². The van der Waals surface area contributed by atoms with Crippen LogP contribution in [0.25, 0.3) is 11.3 Å². The van der Waals surface area contributed by atoms with Crippen LogP contribution in [0.2, 0.25) is 25.7 Å². The monoisotopic (exact) mass is 651 g/mol. The summed E-state index contributed by atoms with van der Waals surface area (Å²) in [6.45, 7) is 13.2. The van der Waals surface area contributed by atoms with Crippen molar-refractivity contribution in [2.24, 2.45) is 0 Å². The van der Waals surface area contributed by atoms with Gasteiger partial charge >= 0.3 is 12.2 Å². The summed E-state index contributed by atoms with van der Waals surface area (Å²) in [7, 11) is -0.0190. The maximum Gasteiger partial charge on any atom is 0.411 e. The second kappa shape index (κ2) is 13.8. The van der Waals surface area contributed by atoms with E-state index in [1.807, 2.05) is 25.3 Å². The number of imidazole rings is 1. The number of hydrogen-bond donors (Lipinski definition) is 3. The van der Waals surface area contributed by atoms with Crippen molar-refractivity contribution in [1.29, 1.82) is 0 Å². The predicted molar refractivity (Wildman–Crippen MR) is 165 cm³/mol. The molecule has 226 valence electrons. The number of halogens is 1. The van der Waals surface area contributed by atoms with Crippen LogP contribution in [-0.2, 0) is 25.7 Å². The zero-order chi connectivity index (χ0) is 30.4. The Balaban J connectivity index is 2.09. The maximum atomic E-state index is 12.9. The number of alkyl carbamates (subject to hydrolysis) is 1. The summed E-state index contributed by atoms with van der Waals surface area (Å²) in [4.78, 5) is 42.5. The lowest BCUT2D eigenvalue weighted by molar-refractivity contribution is -0.116.